The number of hydrogen-bond acceptors (Lipinski definition) is 5. The molecule has 3 aromatic carbocycles. The maximum absolute atomic E-state index is 10.2. The second kappa shape index (κ2) is 10.9. The van der Waals surface area contributed by atoms with Crippen LogP contribution in [0, 0.1) is 0 Å². The summed E-state index contributed by atoms with van der Waals surface area (Å²) in [4.78, 5) is 0. The number of benzene rings is 3. The summed E-state index contributed by atoms with van der Waals surface area (Å²) >= 11 is 0. The zero-order chi connectivity index (χ0) is 22.2. The molecule has 1 aliphatic heterocycles. The van der Waals surface area contributed by atoms with Crippen molar-refractivity contribution in [3.63, 3.8) is 0 Å². The lowest BCUT2D eigenvalue weighted by Gasteiger charge is -2.47. The van der Waals surface area contributed by atoms with Crippen LogP contribution in [0.1, 0.15) is 23.1 Å². The van der Waals surface area contributed by atoms with Gasteiger partial charge in [-0.25, -0.2) is 0 Å². The summed E-state index contributed by atoms with van der Waals surface area (Å²) in [5.74, 6) is -1.03. The van der Waals surface area contributed by atoms with E-state index in [2.05, 4.69) is 0 Å². The molecule has 0 amide bonds. The Labute approximate surface area is 189 Å². The molecule has 1 N–H and O–H groups in total. The molecule has 0 saturated carbocycles. The van der Waals surface area contributed by atoms with Crippen molar-refractivity contribution in [3.05, 3.63) is 108 Å². The quantitative estimate of drug-likeness (QED) is 0.540. The van der Waals surface area contributed by atoms with Crippen LogP contribution in [-0.4, -0.2) is 37.1 Å². The van der Waals surface area contributed by atoms with Gasteiger partial charge in [0.05, 0.1) is 25.9 Å². The Kier molecular flexibility index (Phi) is 7.68. The van der Waals surface area contributed by atoms with E-state index < -0.39 is 18.0 Å². The summed E-state index contributed by atoms with van der Waals surface area (Å²) in [5.41, 5.74) is 3.01. The summed E-state index contributed by atoms with van der Waals surface area (Å²) in [7, 11) is 1.63. The standard InChI is InChI=1S/C27H30O5/c1-29-27(23-15-9-4-10-16-23)17-24(30-19-21-11-5-2-6-12-21)26(25(18-28)32-27)31-20-22-13-7-3-8-14-22/h2-16,24-26,28H,17-20H2,1H3/t24-,25-,26+,27-/m1/s1. The van der Waals surface area contributed by atoms with E-state index in [0.29, 0.717) is 19.6 Å². The van der Waals surface area contributed by atoms with E-state index >= 15 is 0 Å². The Balaban J connectivity index is 1.59. The monoisotopic (exact) mass is 434 g/mol. The molecule has 5 nitrogen and oxygen atoms in total. The van der Waals surface area contributed by atoms with Gasteiger partial charge in [-0.15, -0.1) is 0 Å². The summed E-state index contributed by atoms with van der Waals surface area (Å²) < 4.78 is 25.0. The van der Waals surface area contributed by atoms with E-state index in [9.17, 15) is 5.11 Å². The van der Waals surface area contributed by atoms with Crippen LogP contribution in [-0.2, 0) is 37.9 Å². The van der Waals surface area contributed by atoms with Gasteiger partial charge < -0.3 is 24.1 Å². The van der Waals surface area contributed by atoms with Crippen LogP contribution in [0.25, 0.3) is 0 Å². The first-order valence-corrected chi connectivity index (χ1v) is 10.9. The van der Waals surface area contributed by atoms with Crippen molar-refractivity contribution in [2.45, 2.75) is 43.7 Å². The predicted molar refractivity (Wildman–Crippen MR) is 122 cm³/mol. The van der Waals surface area contributed by atoms with E-state index in [1.807, 2.05) is 91.0 Å². The third-order valence-corrected chi connectivity index (χ3v) is 5.86. The molecule has 0 radical (unpaired) electrons. The molecular weight excluding hydrogens is 404 g/mol. The van der Waals surface area contributed by atoms with E-state index in [-0.39, 0.29) is 12.7 Å². The Bertz CT molecular complexity index is 934. The molecule has 168 valence electrons. The fraction of sp³-hybridized carbons (Fsp3) is 0.333. The molecule has 1 aliphatic rings. The van der Waals surface area contributed by atoms with Gasteiger partial charge in [0, 0.05) is 19.1 Å². The number of ether oxygens (including phenoxy) is 4. The van der Waals surface area contributed by atoms with Gasteiger partial charge in [0.2, 0.25) is 0 Å². The molecule has 0 aromatic heterocycles. The van der Waals surface area contributed by atoms with Gasteiger partial charge in [0.1, 0.15) is 12.2 Å². The van der Waals surface area contributed by atoms with Crippen molar-refractivity contribution < 1.29 is 24.1 Å². The van der Waals surface area contributed by atoms with Crippen molar-refractivity contribution in [3.8, 4) is 0 Å². The molecule has 1 fully saturated rings. The summed E-state index contributed by atoms with van der Waals surface area (Å²) in [6, 6.07) is 29.8. The van der Waals surface area contributed by atoms with Crippen LogP contribution in [0.4, 0.5) is 0 Å². The molecular formula is C27H30O5. The molecule has 1 heterocycles. The molecule has 32 heavy (non-hydrogen) atoms. The Hall–Kier alpha value is -2.54. The fourth-order valence-electron chi connectivity index (χ4n) is 4.16. The van der Waals surface area contributed by atoms with Gasteiger partial charge in [-0.3, -0.25) is 0 Å². The molecule has 4 atom stereocenters. The average molecular weight is 435 g/mol. The van der Waals surface area contributed by atoms with E-state index in [1.54, 1.807) is 7.11 Å². The van der Waals surface area contributed by atoms with E-state index in [0.717, 1.165) is 16.7 Å². The van der Waals surface area contributed by atoms with Crippen molar-refractivity contribution in [1.82, 2.24) is 0 Å². The normalized spacial score (nSPS) is 25.5. The minimum absolute atomic E-state index is 0.206. The topological polar surface area (TPSA) is 57.2 Å². The first-order chi connectivity index (χ1) is 15.7. The molecule has 0 aliphatic carbocycles. The smallest absolute Gasteiger partial charge is 0.197 e. The molecule has 1 saturated heterocycles. The second-order valence-corrected chi connectivity index (χ2v) is 7.96. The fourth-order valence-corrected chi connectivity index (χ4v) is 4.16. The highest BCUT2D eigenvalue weighted by Gasteiger charge is 2.49. The average Bonchev–Trinajstić information content (AvgIpc) is 2.87. The number of rotatable bonds is 9. The van der Waals surface area contributed by atoms with Gasteiger partial charge in [0.15, 0.2) is 5.79 Å². The van der Waals surface area contributed by atoms with Crippen molar-refractivity contribution >= 4 is 0 Å². The predicted octanol–water partition coefficient (Wildman–Crippen LogP) is 4.44. The zero-order valence-corrected chi connectivity index (χ0v) is 18.3. The van der Waals surface area contributed by atoms with Crippen molar-refractivity contribution in [2.24, 2.45) is 0 Å². The van der Waals surface area contributed by atoms with E-state index in [4.69, 9.17) is 18.9 Å². The van der Waals surface area contributed by atoms with Gasteiger partial charge in [-0.2, -0.15) is 0 Å². The number of methoxy groups -OCH3 is 1. The van der Waals surface area contributed by atoms with Crippen molar-refractivity contribution in [2.75, 3.05) is 13.7 Å². The van der Waals surface area contributed by atoms with Crippen LogP contribution >= 0.6 is 0 Å². The zero-order valence-electron chi connectivity index (χ0n) is 18.3. The summed E-state index contributed by atoms with van der Waals surface area (Å²) in [6.07, 6.45) is -0.953. The molecule has 4 rings (SSSR count). The lowest BCUT2D eigenvalue weighted by molar-refractivity contribution is -0.335. The largest absolute Gasteiger partial charge is 0.394 e. The minimum atomic E-state index is -1.03. The van der Waals surface area contributed by atoms with Crippen LogP contribution in [0.15, 0.2) is 91.0 Å². The highest BCUT2D eigenvalue weighted by molar-refractivity contribution is 5.22. The Morgan fingerprint density at radius 2 is 1.34 bits per heavy atom. The SMILES string of the molecule is CO[C@]1(c2ccccc2)C[C@@H](OCc2ccccc2)[C@H](OCc2ccccc2)[C@@H](CO)O1. The highest BCUT2D eigenvalue weighted by atomic mass is 16.7. The molecule has 0 unspecified atom stereocenters. The number of aliphatic hydroxyl groups excluding tert-OH is 1. The van der Waals surface area contributed by atoms with Gasteiger partial charge in [-0.05, 0) is 11.1 Å². The molecule has 5 heteroatoms. The van der Waals surface area contributed by atoms with Gasteiger partial charge in [-0.1, -0.05) is 91.0 Å². The first kappa shape index (κ1) is 22.6. The number of aliphatic hydroxyl groups is 1. The molecule has 0 bridgehead atoms. The minimum Gasteiger partial charge on any atom is -0.394 e. The summed E-state index contributed by atoms with van der Waals surface area (Å²) in [6.45, 7) is 0.633. The Morgan fingerprint density at radius 3 is 1.88 bits per heavy atom. The maximum atomic E-state index is 10.2. The highest BCUT2D eigenvalue weighted by Crippen LogP contribution is 2.41. The first-order valence-electron chi connectivity index (χ1n) is 10.9. The van der Waals surface area contributed by atoms with Crippen molar-refractivity contribution in [1.29, 1.82) is 0 Å². The van der Waals surface area contributed by atoms with Gasteiger partial charge >= 0.3 is 0 Å². The lowest BCUT2D eigenvalue weighted by atomic mass is 9.90. The molecule has 3 aromatic rings. The van der Waals surface area contributed by atoms with Gasteiger partial charge in [0.25, 0.3) is 0 Å². The van der Waals surface area contributed by atoms with Crippen LogP contribution < -0.4 is 0 Å². The molecule has 0 spiro atoms. The third kappa shape index (κ3) is 5.26. The van der Waals surface area contributed by atoms with Crippen LogP contribution in [0.5, 0.6) is 0 Å². The number of hydrogen-bond donors (Lipinski definition) is 1. The van der Waals surface area contributed by atoms with Crippen LogP contribution in [0.3, 0.4) is 0 Å². The Morgan fingerprint density at radius 1 is 0.812 bits per heavy atom. The third-order valence-electron chi connectivity index (χ3n) is 5.86. The van der Waals surface area contributed by atoms with Crippen LogP contribution in [0.2, 0.25) is 0 Å². The summed E-state index contributed by atoms with van der Waals surface area (Å²) in [5, 5.41) is 10.2. The lowest BCUT2D eigenvalue weighted by Crippen LogP contribution is -2.56. The second-order valence-electron chi connectivity index (χ2n) is 7.96. The van der Waals surface area contributed by atoms with E-state index in [1.165, 1.54) is 0 Å². The maximum Gasteiger partial charge on any atom is 0.197 e.